The number of alkyl halides is 5. The summed E-state index contributed by atoms with van der Waals surface area (Å²) in [6.07, 6.45) is -8.69. The number of nitrogens with zero attached hydrogens (tertiary/aromatic N) is 2. The number of aryl methyl sites for hydroxylation is 1. The lowest BCUT2D eigenvalue weighted by Gasteiger charge is -2.27. The van der Waals surface area contributed by atoms with Crippen LogP contribution >= 0.6 is 11.6 Å². The van der Waals surface area contributed by atoms with Gasteiger partial charge in [0.1, 0.15) is 17.2 Å². The number of carbonyl (C=O) groups is 2. The quantitative estimate of drug-likeness (QED) is 0.263. The topological polar surface area (TPSA) is 96.2 Å². The third-order valence-electron chi connectivity index (χ3n) is 6.54. The van der Waals surface area contributed by atoms with Crippen LogP contribution in [0.3, 0.4) is 0 Å². The molecule has 2 amide bonds. The van der Waals surface area contributed by atoms with Crippen LogP contribution < -0.4 is 10.6 Å². The molecular weight excluding hydrogens is 585 g/mol. The third-order valence-corrected chi connectivity index (χ3v) is 6.87. The Morgan fingerprint density at radius 3 is 2.51 bits per heavy atom. The molecule has 1 aliphatic rings. The number of anilines is 1. The summed E-state index contributed by atoms with van der Waals surface area (Å²) in [7, 11) is 1.32. The Kier molecular flexibility index (Phi) is 6.73. The predicted octanol–water partition coefficient (Wildman–Crippen LogP) is 5.52. The average molecular weight is 601 g/mol. The van der Waals surface area contributed by atoms with E-state index < -0.39 is 76.1 Å². The maximum absolute atomic E-state index is 14.2. The van der Waals surface area contributed by atoms with Crippen LogP contribution in [0.1, 0.15) is 43.1 Å². The van der Waals surface area contributed by atoms with Crippen LogP contribution in [0.5, 0.6) is 0 Å². The smallest absolute Gasteiger partial charge is 0.363 e. The zero-order valence-electron chi connectivity index (χ0n) is 20.5. The summed E-state index contributed by atoms with van der Waals surface area (Å²) in [6.45, 7) is 0. The Labute approximate surface area is 230 Å². The SMILES string of the molecule is Cn1nc2c3c(c(NC(=O)c4cc(F)cc(C(F)(F)F)c4)cc2c1CC(F)F)C(O)(c1cc(F)ccc1Cl)NC3=O. The molecule has 41 heavy (non-hydrogen) atoms. The highest BCUT2D eigenvalue weighted by atomic mass is 35.5. The van der Waals surface area contributed by atoms with Crippen LogP contribution in [0.4, 0.5) is 36.4 Å². The largest absolute Gasteiger partial charge is 0.416 e. The molecule has 0 fully saturated rings. The summed E-state index contributed by atoms with van der Waals surface area (Å²) < 4.78 is 95.8. The van der Waals surface area contributed by atoms with Crippen LogP contribution in [-0.2, 0) is 25.4 Å². The minimum atomic E-state index is -5.00. The fourth-order valence-corrected chi connectivity index (χ4v) is 5.06. The number of hydrogen-bond donors (Lipinski definition) is 3. The molecule has 0 aliphatic carbocycles. The van der Waals surface area contributed by atoms with Crippen LogP contribution in [0.25, 0.3) is 10.9 Å². The van der Waals surface area contributed by atoms with Gasteiger partial charge in [-0.2, -0.15) is 18.3 Å². The summed E-state index contributed by atoms with van der Waals surface area (Å²) in [5.41, 5.74) is -6.77. The standard InChI is InChI=1S/C26H16ClF7N4O3/c1-38-18(9-19(30)31)14-8-17(35-23(39)10-4-11(26(32,33)34)6-13(29)5-10)21-20(22(14)37-38)24(40)36-25(21,41)15-7-12(28)2-3-16(15)27/h2-8,19,41H,9H2,1H3,(H,35,39)(H,36,40). The van der Waals surface area contributed by atoms with Gasteiger partial charge in [0.15, 0.2) is 5.72 Å². The fourth-order valence-electron chi connectivity index (χ4n) is 4.81. The molecule has 0 saturated carbocycles. The number of nitrogens with one attached hydrogen (secondary N) is 2. The van der Waals surface area contributed by atoms with Gasteiger partial charge in [-0.05, 0) is 42.5 Å². The van der Waals surface area contributed by atoms with Crippen molar-refractivity contribution in [2.75, 3.05) is 5.32 Å². The van der Waals surface area contributed by atoms with Gasteiger partial charge in [-0.25, -0.2) is 17.6 Å². The van der Waals surface area contributed by atoms with E-state index in [0.717, 1.165) is 28.9 Å². The van der Waals surface area contributed by atoms with E-state index in [9.17, 15) is 45.4 Å². The molecule has 0 bridgehead atoms. The van der Waals surface area contributed by atoms with Gasteiger partial charge in [0.25, 0.3) is 11.8 Å². The van der Waals surface area contributed by atoms with E-state index in [1.165, 1.54) is 7.05 Å². The predicted molar refractivity (Wildman–Crippen MR) is 132 cm³/mol. The first-order valence-electron chi connectivity index (χ1n) is 11.6. The van der Waals surface area contributed by atoms with Crippen LogP contribution in [0.15, 0.2) is 42.5 Å². The number of rotatable bonds is 5. The Morgan fingerprint density at radius 1 is 1.15 bits per heavy atom. The molecule has 0 radical (unpaired) electrons. The number of aliphatic hydroxyl groups is 1. The monoisotopic (exact) mass is 600 g/mol. The Morgan fingerprint density at radius 2 is 1.85 bits per heavy atom. The van der Waals surface area contributed by atoms with E-state index >= 15 is 0 Å². The molecule has 1 atom stereocenters. The third kappa shape index (κ3) is 4.86. The van der Waals surface area contributed by atoms with Crippen molar-refractivity contribution in [1.29, 1.82) is 0 Å². The van der Waals surface area contributed by atoms with Gasteiger partial charge in [-0.15, -0.1) is 0 Å². The molecule has 3 N–H and O–H groups in total. The first-order valence-corrected chi connectivity index (χ1v) is 12.0. The second kappa shape index (κ2) is 9.73. The number of benzene rings is 3. The van der Waals surface area contributed by atoms with Gasteiger partial charge >= 0.3 is 6.18 Å². The molecule has 1 aliphatic heterocycles. The highest BCUT2D eigenvalue weighted by Crippen LogP contribution is 2.46. The van der Waals surface area contributed by atoms with Crippen molar-refractivity contribution in [3.8, 4) is 0 Å². The summed E-state index contributed by atoms with van der Waals surface area (Å²) in [4.78, 5) is 26.4. The van der Waals surface area contributed by atoms with Crippen molar-refractivity contribution in [2.45, 2.75) is 24.7 Å². The first kappa shape index (κ1) is 28.4. The van der Waals surface area contributed by atoms with Gasteiger partial charge < -0.3 is 15.7 Å². The van der Waals surface area contributed by atoms with Crippen LogP contribution in [0.2, 0.25) is 5.02 Å². The molecule has 3 aromatic carbocycles. The van der Waals surface area contributed by atoms with Crippen molar-refractivity contribution in [1.82, 2.24) is 15.1 Å². The number of halogens is 8. The van der Waals surface area contributed by atoms with Crippen molar-refractivity contribution in [3.63, 3.8) is 0 Å². The van der Waals surface area contributed by atoms with Crippen LogP contribution in [0, 0.1) is 11.6 Å². The zero-order chi connectivity index (χ0) is 30.0. The van der Waals surface area contributed by atoms with Gasteiger partial charge in [0, 0.05) is 34.1 Å². The van der Waals surface area contributed by atoms with Crippen molar-refractivity contribution >= 4 is 40.0 Å². The number of fused-ring (bicyclic) bond motifs is 3. The van der Waals surface area contributed by atoms with Crippen molar-refractivity contribution < 1.29 is 45.4 Å². The summed E-state index contributed by atoms with van der Waals surface area (Å²) in [5.74, 6) is -4.56. The number of hydrogen-bond acceptors (Lipinski definition) is 4. The van der Waals surface area contributed by atoms with Crippen LogP contribution in [-0.4, -0.2) is 33.1 Å². The molecule has 7 nitrogen and oxygen atoms in total. The second-order valence-electron chi connectivity index (χ2n) is 9.20. The molecule has 4 aromatic rings. The fraction of sp³-hybridized carbons (Fsp3) is 0.192. The normalized spacial score (nSPS) is 16.8. The lowest BCUT2D eigenvalue weighted by Crippen LogP contribution is -2.41. The highest BCUT2D eigenvalue weighted by molar-refractivity contribution is 6.31. The van der Waals surface area contributed by atoms with Gasteiger partial charge in [0.05, 0.1) is 28.9 Å². The molecule has 2 heterocycles. The van der Waals surface area contributed by atoms with E-state index in [-0.39, 0.29) is 33.2 Å². The number of amides is 2. The van der Waals surface area contributed by atoms with E-state index in [2.05, 4.69) is 15.7 Å². The molecule has 1 aromatic heterocycles. The van der Waals surface area contributed by atoms with E-state index in [4.69, 9.17) is 11.6 Å². The Balaban J connectivity index is 1.77. The minimum Gasteiger partial charge on any atom is -0.363 e. The lowest BCUT2D eigenvalue weighted by molar-refractivity contribution is -0.137. The zero-order valence-corrected chi connectivity index (χ0v) is 21.3. The summed E-state index contributed by atoms with van der Waals surface area (Å²) in [6, 6.07) is 5.02. The Bertz CT molecular complexity index is 1760. The Hall–Kier alpha value is -4.17. The van der Waals surface area contributed by atoms with E-state index in [1.807, 2.05) is 0 Å². The molecule has 0 saturated heterocycles. The average Bonchev–Trinajstić information content (AvgIpc) is 3.32. The summed E-state index contributed by atoms with van der Waals surface area (Å²) >= 11 is 6.20. The van der Waals surface area contributed by atoms with Gasteiger partial charge in [0.2, 0.25) is 6.43 Å². The number of aromatic nitrogens is 2. The van der Waals surface area contributed by atoms with Crippen molar-refractivity contribution in [3.05, 3.63) is 92.6 Å². The van der Waals surface area contributed by atoms with Gasteiger partial charge in [-0.3, -0.25) is 14.3 Å². The molecule has 214 valence electrons. The second-order valence-corrected chi connectivity index (χ2v) is 9.61. The molecule has 15 heteroatoms. The van der Waals surface area contributed by atoms with Crippen molar-refractivity contribution in [2.24, 2.45) is 7.05 Å². The van der Waals surface area contributed by atoms with E-state index in [1.54, 1.807) is 0 Å². The first-order chi connectivity index (χ1) is 19.1. The molecular formula is C26H16ClF7N4O3. The van der Waals surface area contributed by atoms with Gasteiger partial charge in [-0.1, -0.05) is 11.6 Å². The maximum atomic E-state index is 14.2. The summed E-state index contributed by atoms with van der Waals surface area (Å²) in [5, 5.41) is 20.1. The minimum absolute atomic E-state index is 0.0539. The molecule has 0 spiro atoms. The lowest BCUT2D eigenvalue weighted by atomic mass is 9.90. The highest BCUT2D eigenvalue weighted by Gasteiger charge is 2.48. The maximum Gasteiger partial charge on any atom is 0.416 e. The number of carbonyl (C=O) groups excluding carboxylic acids is 2. The molecule has 5 rings (SSSR count). The molecule has 1 unspecified atom stereocenters. The van der Waals surface area contributed by atoms with E-state index in [0.29, 0.717) is 12.1 Å².